The van der Waals surface area contributed by atoms with Crippen LogP contribution in [0.15, 0.2) is 91.0 Å². The molecule has 0 aliphatic rings. The number of aryl methyl sites for hydroxylation is 1. The van der Waals surface area contributed by atoms with Crippen molar-refractivity contribution in [2.75, 3.05) is 6.61 Å². The third-order valence-corrected chi connectivity index (χ3v) is 5.76. The third-order valence-electron chi connectivity index (χ3n) is 5.76. The standard InChI is InChI=1S/C28H26N2O2/c1-2-21-14-16-23(17-15-21)32-20-28-29-25-11-5-6-12-26(25)30(28)18-19-31-27-13-7-9-22-8-3-4-10-24(22)27/h3-17H,2,18-20H2,1H3. The number of para-hydroxylation sites is 2. The molecule has 0 atom stereocenters. The zero-order valence-corrected chi connectivity index (χ0v) is 18.2. The van der Waals surface area contributed by atoms with E-state index in [-0.39, 0.29) is 0 Å². The highest BCUT2D eigenvalue weighted by molar-refractivity contribution is 5.88. The minimum Gasteiger partial charge on any atom is -0.491 e. The molecule has 0 N–H and O–H groups in total. The van der Waals surface area contributed by atoms with Gasteiger partial charge in [-0.2, -0.15) is 0 Å². The minimum atomic E-state index is 0.411. The van der Waals surface area contributed by atoms with Crippen molar-refractivity contribution in [2.45, 2.75) is 26.5 Å². The van der Waals surface area contributed by atoms with Gasteiger partial charge in [0, 0.05) is 5.39 Å². The second-order valence-corrected chi connectivity index (χ2v) is 7.78. The van der Waals surface area contributed by atoms with Crippen molar-refractivity contribution >= 4 is 21.8 Å². The van der Waals surface area contributed by atoms with Gasteiger partial charge in [0.2, 0.25) is 0 Å². The first-order valence-corrected chi connectivity index (χ1v) is 11.1. The smallest absolute Gasteiger partial charge is 0.148 e. The van der Waals surface area contributed by atoms with Crippen LogP contribution in [-0.4, -0.2) is 16.2 Å². The van der Waals surface area contributed by atoms with Crippen molar-refractivity contribution in [3.8, 4) is 11.5 Å². The number of hydrogen-bond acceptors (Lipinski definition) is 3. The van der Waals surface area contributed by atoms with Crippen LogP contribution in [-0.2, 0) is 19.6 Å². The highest BCUT2D eigenvalue weighted by Crippen LogP contribution is 2.25. The first kappa shape index (κ1) is 20.1. The SMILES string of the molecule is CCc1ccc(OCc2nc3ccccc3n2CCOc2cccc3ccccc23)cc1. The highest BCUT2D eigenvalue weighted by Gasteiger charge is 2.12. The largest absolute Gasteiger partial charge is 0.491 e. The molecule has 0 aliphatic heterocycles. The zero-order valence-electron chi connectivity index (χ0n) is 18.2. The summed E-state index contributed by atoms with van der Waals surface area (Å²) < 4.78 is 14.5. The number of imidazole rings is 1. The van der Waals surface area contributed by atoms with Gasteiger partial charge in [0.05, 0.1) is 17.6 Å². The maximum absolute atomic E-state index is 6.20. The molecular weight excluding hydrogens is 396 g/mol. The molecule has 4 nitrogen and oxygen atoms in total. The predicted molar refractivity (Wildman–Crippen MR) is 129 cm³/mol. The number of aromatic nitrogens is 2. The molecule has 160 valence electrons. The zero-order chi connectivity index (χ0) is 21.8. The normalized spacial score (nSPS) is 11.2. The Morgan fingerprint density at radius 3 is 2.44 bits per heavy atom. The van der Waals surface area contributed by atoms with Gasteiger partial charge >= 0.3 is 0 Å². The predicted octanol–water partition coefficient (Wildman–Crippen LogP) is 6.41. The van der Waals surface area contributed by atoms with E-state index in [4.69, 9.17) is 14.5 Å². The van der Waals surface area contributed by atoms with Gasteiger partial charge in [-0.05, 0) is 47.7 Å². The second-order valence-electron chi connectivity index (χ2n) is 7.78. The quantitative estimate of drug-likeness (QED) is 0.290. The van der Waals surface area contributed by atoms with Crippen molar-refractivity contribution in [1.29, 1.82) is 0 Å². The Balaban J connectivity index is 1.34. The van der Waals surface area contributed by atoms with Gasteiger partial charge in [-0.3, -0.25) is 0 Å². The molecule has 0 saturated carbocycles. The molecule has 4 aromatic carbocycles. The van der Waals surface area contributed by atoms with E-state index in [0.717, 1.165) is 40.2 Å². The van der Waals surface area contributed by atoms with Crippen LogP contribution in [0.4, 0.5) is 0 Å². The monoisotopic (exact) mass is 422 g/mol. The molecule has 0 bridgehead atoms. The molecule has 4 heteroatoms. The highest BCUT2D eigenvalue weighted by atomic mass is 16.5. The van der Waals surface area contributed by atoms with Crippen molar-refractivity contribution in [1.82, 2.24) is 9.55 Å². The van der Waals surface area contributed by atoms with Gasteiger partial charge in [-0.15, -0.1) is 0 Å². The Hall–Kier alpha value is -3.79. The maximum atomic E-state index is 6.20. The fourth-order valence-electron chi connectivity index (χ4n) is 4.02. The van der Waals surface area contributed by atoms with E-state index in [0.29, 0.717) is 19.8 Å². The molecule has 0 aliphatic carbocycles. The first-order chi connectivity index (χ1) is 15.8. The molecule has 0 amide bonds. The molecule has 0 unspecified atom stereocenters. The van der Waals surface area contributed by atoms with Crippen LogP contribution < -0.4 is 9.47 Å². The summed E-state index contributed by atoms with van der Waals surface area (Å²) in [5.41, 5.74) is 3.36. The van der Waals surface area contributed by atoms with Crippen LogP contribution in [0.2, 0.25) is 0 Å². The molecular formula is C28H26N2O2. The number of rotatable bonds is 8. The van der Waals surface area contributed by atoms with E-state index in [2.05, 4.69) is 47.9 Å². The summed E-state index contributed by atoms with van der Waals surface area (Å²) in [5.74, 6) is 2.65. The molecule has 1 heterocycles. The third kappa shape index (κ3) is 4.17. The Bertz CT molecular complexity index is 1330. The van der Waals surface area contributed by atoms with Crippen molar-refractivity contribution in [3.05, 3.63) is 102 Å². The maximum Gasteiger partial charge on any atom is 0.148 e. The van der Waals surface area contributed by atoms with E-state index in [1.165, 1.54) is 10.9 Å². The van der Waals surface area contributed by atoms with Crippen LogP contribution >= 0.6 is 0 Å². The van der Waals surface area contributed by atoms with Crippen molar-refractivity contribution < 1.29 is 9.47 Å². The molecule has 0 fully saturated rings. The summed E-state index contributed by atoms with van der Waals surface area (Å²) in [7, 11) is 0. The lowest BCUT2D eigenvalue weighted by molar-refractivity contribution is 0.273. The summed E-state index contributed by atoms with van der Waals surface area (Å²) in [6, 6.07) is 30.9. The van der Waals surface area contributed by atoms with Crippen LogP contribution in [0, 0.1) is 0 Å². The number of benzene rings is 4. The van der Waals surface area contributed by atoms with E-state index in [1.54, 1.807) is 0 Å². The lowest BCUT2D eigenvalue weighted by atomic mass is 10.1. The lowest BCUT2D eigenvalue weighted by Gasteiger charge is -2.13. The number of nitrogens with zero attached hydrogens (tertiary/aromatic N) is 2. The minimum absolute atomic E-state index is 0.411. The number of fused-ring (bicyclic) bond motifs is 2. The van der Waals surface area contributed by atoms with E-state index < -0.39 is 0 Å². The molecule has 0 saturated heterocycles. The van der Waals surface area contributed by atoms with Gasteiger partial charge in [-0.25, -0.2) is 4.98 Å². The fourth-order valence-corrected chi connectivity index (χ4v) is 4.02. The van der Waals surface area contributed by atoms with Crippen LogP contribution in [0.3, 0.4) is 0 Å². The fraction of sp³-hybridized carbons (Fsp3) is 0.179. The Morgan fingerprint density at radius 1 is 0.781 bits per heavy atom. The molecule has 5 aromatic rings. The number of ether oxygens (including phenoxy) is 2. The van der Waals surface area contributed by atoms with Gasteiger partial charge in [0.15, 0.2) is 0 Å². The molecule has 0 spiro atoms. The van der Waals surface area contributed by atoms with Crippen LogP contribution in [0.25, 0.3) is 21.8 Å². The molecule has 5 rings (SSSR count). The second kappa shape index (κ2) is 9.15. The number of hydrogen-bond donors (Lipinski definition) is 0. The Morgan fingerprint density at radius 2 is 1.56 bits per heavy atom. The molecule has 0 radical (unpaired) electrons. The summed E-state index contributed by atoms with van der Waals surface area (Å²) in [4.78, 5) is 4.82. The summed E-state index contributed by atoms with van der Waals surface area (Å²) in [5, 5.41) is 2.31. The lowest BCUT2D eigenvalue weighted by Crippen LogP contribution is -2.13. The summed E-state index contributed by atoms with van der Waals surface area (Å²) in [6.45, 7) is 3.80. The summed E-state index contributed by atoms with van der Waals surface area (Å²) >= 11 is 0. The van der Waals surface area contributed by atoms with Crippen LogP contribution in [0.5, 0.6) is 11.5 Å². The molecule has 1 aromatic heterocycles. The Labute approximate surface area is 188 Å². The van der Waals surface area contributed by atoms with Crippen LogP contribution in [0.1, 0.15) is 18.3 Å². The first-order valence-electron chi connectivity index (χ1n) is 11.1. The average molecular weight is 423 g/mol. The van der Waals surface area contributed by atoms with Gasteiger partial charge in [0.25, 0.3) is 0 Å². The van der Waals surface area contributed by atoms with E-state index in [1.807, 2.05) is 54.6 Å². The van der Waals surface area contributed by atoms with Crippen molar-refractivity contribution in [2.24, 2.45) is 0 Å². The average Bonchev–Trinajstić information content (AvgIpc) is 3.20. The Kier molecular flexibility index (Phi) is 5.75. The topological polar surface area (TPSA) is 36.3 Å². The van der Waals surface area contributed by atoms with E-state index in [9.17, 15) is 0 Å². The summed E-state index contributed by atoms with van der Waals surface area (Å²) in [6.07, 6.45) is 1.02. The van der Waals surface area contributed by atoms with Gasteiger partial charge < -0.3 is 14.0 Å². The van der Waals surface area contributed by atoms with Gasteiger partial charge in [0.1, 0.15) is 30.5 Å². The van der Waals surface area contributed by atoms with E-state index >= 15 is 0 Å². The van der Waals surface area contributed by atoms with Crippen molar-refractivity contribution in [3.63, 3.8) is 0 Å². The molecule has 32 heavy (non-hydrogen) atoms. The van der Waals surface area contributed by atoms with Gasteiger partial charge in [-0.1, -0.05) is 67.6 Å².